The molecular weight excluding hydrogens is 337 g/mol. The van der Waals surface area contributed by atoms with Gasteiger partial charge in [-0.25, -0.2) is 4.39 Å². The maximum absolute atomic E-state index is 13.7. The molecule has 1 amide bonds. The van der Waals surface area contributed by atoms with Crippen molar-refractivity contribution in [2.45, 2.75) is 19.3 Å². The summed E-state index contributed by atoms with van der Waals surface area (Å²) >= 11 is 0. The van der Waals surface area contributed by atoms with E-state index in [-0.39, 0.29) is 35.6 Å². The number of hydrogen-bond acceptors (Lipinski definition) is 4. The molecule has 1 aliphatic heterocycles. The SMILES string of the molecule is CC(NCC(=O)Nc1ccc2c(c1)OC(F)(F)O2)c1ccccc1F. The summed E-state index contributed by atoms with van der Waals surface area (Å²) < 4.78 is 48.2. The van der Waals surface area contributed by atoms with Gasteiger partial charge in [0.25, 0.3) is 0 Å². The molecule has 2 N–H and O–H groups in total. The first-order chi connectivity index (χ1) is 11.8. The largest absolute Gasteiger partial charge is 0.586 e. The predicted octanol–water partition coefficient (Wildman–Crippen LogP) is 3.44. The van der Waals surface area contributed by atoms with Crippen molar-refractivity contribution < 1.29 is 27.4 Å². The second kappa shape index (κ2) is 6.64. The van der Waals surface area contributed by atoms with Crippen LogP contribution >= 0.6 is 0 Å². The first-order valence-corrected chi connectivity index (χ1v) is 7.51. The highest BCUT2D eigenvalue weighted by Gasteiger charge is 2.43. The van der Waals surface area contributed by atoms with Crippen molar-refractivity contribution in [3.8, 4) is 11.5 Å². The highest BCUT2D eigenvalue weighted by molar-refractivity contribution is 5.92. The summed E-state index contributed by atoms with van der Waals surface area (Å²) in [6.45, 7) is 1.65. The van der Waals surface area contributed by atoms with Crippen LogP contribution in [0.1, 0.15) is 18.5 Å². The Morgan fingerprint density at radius 1 is 1.16 bits per heavy atom. The molecule has 25 heavy (non-hydrogen) atoms. The van der Waals surface area contributed by atoms with Crippen LogP contribution in [0.15, 0.2) is 42.5 Å². The average molecular weight is 352 g/mol. The van der Waals surface area contributed by atoms with Gasteiger partial charge in [0.15, 0.2) is 11.5 Å². The first kappa shape index (κ1) is 17.1. The quantitative estimate of drug-likeness (QED) is 0.866. The van der Waals surface area contributed by atoms with Gasteiger partial charge < -0.3 is 20.1 Å². The Kier molecular flexibility index (Phi) is 4.54. The maximum atomic E-state index is 13.7. The topological polar surface area (TPSA) is 59.6 Å². The molecule has 0 aliphatic carbocycles. The molecule has 5 nitrogen and oxygen atoms in total. The molecule has 0 radical (unpaired) electrons. The number of benzene rings is 2. The van der Waals surface area contributed by atoms with Crippen molar-refractivity contribution in [2.24, 2.45) is 0 Å². The monoisotopic (exact) mass is 352 g/mol. The third-order valence-electron chi connectivity index (χ3n) is 3.63. The van der Waals surface area contributed by atoms with E-state index in [1.165, 1.54) is 24.3 Å². The minimum absolute atomic E-state index is 0.0832. The van der Waals surface area contributed by atoms with Gasteiger partial charge in [0.2, 0.25) is 5.91 Å². The normalized spacial score (nSPS) is 15.7. The van der Waals surface area contributed by atoms with Gasteiger partial charge in [-0.3, -0.25) is 4.79 Å². The van der Waals surface area contributed by atoms with Crippen LogP contribution < -0.4 is 20.1 Å². The summed E-state index contributed by atoms with van der Waals surface area (Å²) in [5.41, 5.74) is 0.728. The van der Waals surface area contributed by atoms with Gasteiger partial charge >= 0.3 is 6.29 Å². The van der Waals surface area contributed by atoms with Crippen molar-refractivity contribution >= 4 is 11.6 Å². The van der Waals surface area contributed by atoms with Crippen molar-refractivity contribution in [2.75, 3.05) is 11.9 Å². The van der Waals surface area contributed by atoms with E-state index in [1.54, 1.807) is 25.1 Å². The second-order valence-corrected chi connectivity index (χ2v) is 5.50. The lowest BCUT2D eigenvalue weighted by Crippen LogP contribution is -2.30. The fourth-order valence-corrected chi connectivity index (χ4v) is 2.41. The molecule has 1 unspecified atom stereocenters. The molecule has 0 fully saturated rings. The molecule has 3 rings (SSSR count). The summed E-state index contributed by atoms with van der Waals surface area (Å²) in [5.74, 6) is -1.03. The Bertz CT molecular complexity index is 798. The van der Waals surface area contributed by atoms with E-state index in [9.17, 15) is 18.0 Å². The molecule has 2 aromatic carbocycles. The Labute approximate surface area is 141 Å². The van der Waals surface area contributed by atoms with Gasteiger partial charge in [-0.15, -0.1) is 8.78 Å². The molecule has 8 heteroatoms. The number of anilines is 1. The van der Waals surface area contributed by atoms with Crippen molar-refractivity contribution in [1.29, 1.82) is 0 Å². The first-order valence-electron chi connectivity index (χ1n) is 7.51. The highest BCUT2D eigenvalue weighted by Crippen LogP contribution is 2.42. The standard InChI is InChI=1S/C17H15F3N2O3/c1-10(12-4-2-3-5-13(12)18)21-9-16(23)22-11-6-7-14-15(8-11)25-17(19,20)24-14/h2-8,10,21H,9H2,1H3,(H,22,23). The number of ether oxygens (including phenoxy) is 2. The summed E-state index contributed by atoms with van der Waals surface area (Å²) in [6, 6.07) is 9.83. The minimum atomic E-state index is -3.71. The molecule has 1 heterocycles. The zero-order chi connectivity index (χ0) is 18.0. The van der Waals surface area contributed by atoms with E-state index in [0.29, 0.717) is 5.56 Å². The van der Waals surface area contributed by atoms with Crippen LogP contribution in [-0.2, 0) is 4.79 Å². The predicted molar refractivity (Wildman–Crippen MR) is 84.1 cm³/mol. The lowest BCUT2D eigenvalue weighted by Gasteiger charge is -2.15. The lowest BCUT2D eigenvalue weighted by atomic mass is 10.1. The third-order valence-corrected chi connectivity index (χ3v) is 3.63. The molecule has 132 valence electrons. The molecule has 2 aromatic rings. The number of alkyl halides is 2. The number of carbonyl (C=O) groups excluding carboxylic acids is 1. The zero-order valence-corrected chi connectivity index (χ0v) is 13.2. The van der Waals surface area contributed by atoms with Crippen LogP contribution in [0, 0.1) is 5.82 Å². The van der Waals surface area contributed by atoms with Gasteiger partial charge in [0, 0.05) is 23.4 Å². The molecule has 0 aromatic heterocycles. The minimum Gasteiger partial charge on any atom is -0.395 e. The number of carbonyl (C=O) groups is 1. The van der Waals surface area contributed by atoms with Crippen LogP contribution in [0.4, 0.5) is 18.9 Å². The van der Waals surface area contributed by atoms with E-state index in [1.807, 2.05) is 0 Å². The Hall–Kier alpha value is -2.74. The lowest BCUT2D eigenvalue weighted by molar-refractivity contribution is -0.286. The Morgan fingerprint density at radius 3 is 2.64 bits per heavy atom. The highest BCUT2D eigenvalue weighted by atomic mass is 19.3. The summed E-state index contributed by atoms with van der Waals surface area (Å²) in [6.07, 6.45) is -3.71. The van der Waals surface area contributed by atoms with Crippen LogP contribution in [0.2, 0.25) is 0 Å². The zero-order valence-electron chi connectivity index (χ0n) is 13.2. The van der Waals surface area contributed by atoms with E-state index in [0.717, 1.165) is 0 Å². The number of hydrogen-bond donors (Lipinski definition) is 2. The Balaban J connectivity index is 1.56. The molecular formula is C17H15F3N2O3. The molecule has 1 aliphatic rings. The number of amides is 1. The smallest absolute Gasteiger partial charge is 0.395 e. The van der Waals surface area contributed by atoms with Crippen molar-refractivity contribution in [3.05, 3.63) is 53.8 Å². The number of halogens is 3. The fraction of sp³-hybridized carbons (Fsp3) is 0.235. The molecule has 0 bridgehead atoms. The number of nitrogens with one attached hydrogen (secondary N) is 2. The molecule has 0 saturated heterocycles. The summed E-state index contributed by atoms with van der Waals surface area (Å²) in [5, 5.41) is 5.44. The van der Waals surface area contributed by atoms with Gasteiger partial charge in [-0.1, -0.05) is 18.2 Å². The van der Waals surface area contributed by atoms with Crippen LogP contribution in [-0.4, -0.2) is 18.7 Å². The van der Waals surface area contributed by atoms with Gasteiger partial charge in [-0.2, -0.15) is 0 Å². The maximum Gasteiger partial charge on any atom is 0.586 e. The van der Waals surface area contributed by atoms with Crippen LogP contribution in [0.3, 0.4) is 0 Å². The van der Waals surface area contributed by atoms with E-state index >= 15 is 0 Å². The summed E-state index contributed by atoms with van der Waals surface area (Å²) in [7, 11) is 0. The van der Waals surface area contributed by atoms with Gasteiger partial charge in [0.05, 0.1) is 6.54 Å². The summed E-state index contributed by atoms with van der Waals surface area (Å²) in [4.78, 5) is 12.0. The van der Waals surface area contributed by atoms with E-state index in [2.05, 4.69) is 20.1 Å². The van der Waals surface area contributed by atoms with E-state index < -0.39 is 12.2 Å². The van der Waals surface area contributed by atoms with Crippen LogP contribution in [0.25, 0.3) is 0 Å². The number of fused-ring (bicyclic) bond motifs is 1. The third kappa shape index (κ3) is 4.03. The van der Waals surface area contributed by atoms with Crippen molar-refractivity contribution in [3.63, 3.8) is 0 Å². The van der Waals surface area contributed by atoms with Crippen molar-refractivity contribution in [1.82, 2.24) is 5.32 Å². The Morgan fingerprint density at radius 2 is 1.88 bits per heavy atom. The molecule has 0 saturated carbocycles. The average Bonchev–Trinajstić information content (AvgIpc) is 2.86. The second-order valence-electron chi connectivity index (χ2n) is 5.50. The van der Waals surface area contributed by atoms with Gasteiger partial charge in [0.1, 0.15) is 5.82 Å². The van der Waals surface area contributed by atoms with Gasteiger partial charge in [-0.05, 0) is 25.1 Å². The van der Waals surface area contributed by atoms with E-state index in [4.69, 9.17) is 0 Å². The molecule has 1 atom stereocenters. The van der Waals surface area contributed by atoms with Crippen LogP contribution in [0.5, 0.6) is 11.5 Å². The molecule has 0 spiro atoms. The fourth-order valence-electron chi connectivity index (χ4n) is 2.41. The number of rotatable bonds is 5.